The van der Waals surface area contributed by atoms with Crippen molar-refractivity contribution in [3.63, 3.8) is 0 Å². The predicted molar refractivity (Wildman–Crippen MR) is 138 cm³/mol. The normalized spacial score (nSPS) is 22.1. The number of halogens is 2. The Hall–Kier alpha value is -2.76. The van der Waals surface area contributed by atoms with Crippen LogP contribution in [0, 0.1) is 11.3 Å². The van der Waals surface area contributed by atoms with Gasteiger partial charge in [0.05, 0.1) is 17.0 Å². The zero-order chi connectivity index (χ0) is 24.7. The van der Waals surface area contributed by atoms with Gasteiger partial charge in [0.2, 0.25) is 17.8 Å². The molecule has 1 aromatic carbocycles. The Labute approximate surface area is 215 Å². The van der Waals surface area contributed by atoms with E-state index in [9.17, 15) is 9.59 Å². The first-order valence-electron chi connectivity index (χ1n) is 11.5. The van der Waals surface area contributed by atoms with E-state index >= 15 is 0 Å². The number of hydrogen-bond donors (Lipinski definition) is 4. The van der Waals surface area contributed by atoms with Crippen molar-refractivity contribution in [2.24, 2.45) is 11.3 Å². The largest absolute Gasteiger partial charge is 0.359 e. The predicted octanol–water partition coefficient (Wildman–Crippen LogP) is 3.11. The third kappa shape index (κ3) is 4.72. The molecule has 0 spiro atoms. The lowest BCUT2D eigenvalue weighted by Gasteiger charge is -2.25. The van der Waals surface area contributed by atoms with Crippen LogP contribution in [0.25, 0.3) is 16.7 Å². The number of hydrogen-bond acceptors (Lipinski definition) is 7. The van der Waals surface area contributed by atoms with E-state index in [4.69, 9.17) is 16.6 Å². The van der Waals surface area contributed by atoms with E-state index in [-0.39, 0.29) is 23.8 Å². The molecule has 12 heteroatoms. The van der Waals surface area contributed by atoms with Crippen LogP contribution in [0.4, 0.5) is 11.6 Å². The maximum absolute atomic E-state index is 12.4. The summed E-state index contributed by atoms with van der Waals surface area (Å²) in [7, 11) is 1.67. The highest BCUT2D eigenvalue weighted by Gasteiger charge is 2.41. The molecule has 1 saturated carbocycles. The van der Waals surface area contributed by atoms with Crippen molar-refractivity contribution in [3.8, 4) is 5.69 Å². The number of amides is 2. The quantitative estimate of drug-likeness (QED) is 0.364. The number of anilines is 2. The summed E-state index contributed by atoms with van der Waals surface area (Å²) in [5, 5.41) is 18.0. The van der Waals surface area contributed by atoms with Gasteiger partial charge in [-0.2, -0.15) is 10.1 Å². The molecule has 3 aromatic rings. The SMILES string of the molecule is CNC(=O)[C@]1(C)CC[C@@H](Nc2ncc3c(Br)nn(-c4cc(Cl)cc(NC(=O)C5CNC5)c4)c3n2)C1. The van der Waals surface area contributed by atoms with Gasteiger partial charge in [0.25, 0.3) is 0 Å². The Balaban J connectivity index is 1.42. The van der Waals surface area contributed by atoms with Crippen LogP contribution in [-0.4, -0.2) is 57.7 Å². The van der Waals surface area contributed by atoms with E-state index < -0.39 is 5.41 Å². The summed E-state index contributed by atoms with van der Waals surface area (Å²) >= 11 is 9.88. The number of nitrogens with one attached hydrogen (secondary N) is 4. The van der Waals surface area contributed by atoms with Gasteiger partial charge in [-0.15, -0.1) is 0 Å². The van der Waals surface area contributed by atoms with Gasteiger partial charge in [-0.05, 0) is 53.4 Å². The van der Waals surface area contributed by atoms with Crippen molar-refractivity contribution < 1.29 is 9.59 Å². The van der Waals surface area contributed by atoms with E-state index in [1.54, 1.807) is 30.1 Å². The number of carbonyl (C=O) groups excluding carboxylic acids is 2. The Morgan fingerprint density at radius 3 is 2.80 bits per heavy atom. The Morgan fingerprint density at radius 1 is 1.29 bits per heavy atom. The first-order chi connectivity index (χ1) is 16.8. The minimum absolute atomic E-state index is 0.0423. The molecule has 10 nitrogen and oxygen atoms in total. The minimum atomic E-state index is -0.404. The number of benzene rings is 1. The van der Waals surface area contributed by atoms with E-state index in [0.29, 0.717) is 52.1 Å². The van der Waals surface area contributed by atoms with Crippen LogP contribution in [0.5, 0.6) is 0 Å². The van der Waals surface area contributed by atoms with E-state index in [1.807, 2.05) is 13.0 Å². The molecule has 0 radical (unpaired) electrons. The van der Waals surface area contributed by atoms with Crippen LogP contribution < -0.4 is 21.3 Å². The van der Waals surface area contributed by atoms with Crippen LogP contribution in [0.15, 0.2) is 29.0 Å². The fourth-order valence-electron chi connectivity index (χ4n) is 4.66. The fraction of sp³-hybridized carbons (Fsp3) is 0.435. The summed E-state index contributed by atoms with van der Waals surface area (Å²) in [6.45, 7) is 3.33. The Kier molecular flexibility index (Phi) is 6.41. The number of nitrogens with zero attached hydrogens (tertiary/aromatic N) is 4. The topological polar surface area (TPSA) is 126 Å². The maximum atomic E-state index is 12.4. The van der Waals surface area contributed by atoms with Crippen molar-refractivity contribution in [1.82, 2.24) is 30.4 Å². The molecule has 2 aliphatic rings. The second-order valence-corrected chi connectivity index (χ2v) is 10.6. The lowest BCUT2D eigenvalue weighted by atomic mass is 9.87. The zero-order valence-corrected chi connectivity index (χ0v) is 21.7. The van der Waals surface area contributed by atoms with Gasteiger partial charge in [-0.3, -0.25) is 9.59 Å². The zero-order valence-electron chi connectivity index (χ0n) is 19.4. The number of fused-ring (bicyclic) bond motifs is 1. The van der Waals surface area contributed by atoms with Crippen LogP contribution in [0.1, 0.15) is 26.2 Å². The third-order valence-electron chi connectivity index (χ3n) is 6.78. The Bertz CT molecular complexity index is 1310. The van der Waals surface area contributed by atoms with Crippen LogP contribution in [0.3, 0.4) is 0 Å². The molecule has 2 fully saturated rings. The molecule has 2 amide bonds. The second-order valence-electron chi connectivity index (χ2n) is 9.40. The van der Waals surface area contributed by atoms with Gasteiger partial charge in [0, 0.05) is 48.5 Å². The van der Waals surface area contributed by atoms with E-state index in [2.05, 4.69) is 47.3 Å². The van der Waals surface area contributed by atoms with Crippen LogP contribution >= 0.6 is 27.5 Å². The highest BCUT2D eigenvalue weighted by atomic mass is 79.9. The molecule has 1 aliphatic carbocycles. The lowest BCUT2D eigenvalue weighted by Crippen LogP contribution is -2.48. The smallest absolute Gasteiger partial charge is 0.230 e. The fourth-order valence-corrected chi connectivity index (χ4v) is 5.33. The van der Waals surface area contributed by atoms with Crippen LogP contribution in [-0.2, 0) is 9.59 Å². The summed E-state index contributed by atoms with van der Waals surface area (Å²) in [5.41, 5.74) is 1.44. The molecular formula is C23H26BrClN8O2. The van der Waals surface area contributed by atoms with Crippen molar-refractivity contribution in [1.29, 1.82) is 0 Å². The lowest BCUT2D eigenvalue weighted by molar-refractivity contribution is -0.129. The molecular weight excluding hydrogens is 536 g/mol. The van der Waals surface area contributed by atoms with Gasteiger partial charge in [0.1, 0.15) is 4.60 Å². The molecule has 1 saturated heterocycles. The van der Waals surface area contributed by atoms with Crippen molar-refractivity contribution in [3.05, 3.63) is 34.0 Å². The minimum Gasteiger partial charge on any atom is -0.359 e. The maximum Gasteiger partial charge on any atom is 0.230 e. The first kappa shape index (κ1) is 24.0. The van der Waals surface area contributed by atoms with Crippen LogP contribution in [0.2, 0.25) is 5.02 Å². The summed E-state index contributed by atoms with van der Waals surface area (Å²) in [4.78, 5) is 33.9. The molecule has 184 valence electrons. The van der Waals surface area contributed by atoms with Gasteiger partial charge < -0.3 is 21.3 Å². The average molecular weight is 562 g/mol. The molecule has 5 rings (SSSR count). The third-order valence-corrected chi connectivity index (χ3v) is 7.58. The highest BCUT2D eigenvalue weighted by molar-refractivity contribution is 9.10. The standard InChI is InChI=1S/C23H26BrClN8O2/c1-23(21(35)26-2)4-3-14(8-23)30-22-28-11-17-18(24)32-33(19(17)31-22)16-6-13(25)5-15(7-16)29-20(34)12-9-27-10-12/h5-7,11-12,14,27H,3-4,8-10H2,1-2H3,(H,26,35)(H,29,34)(H,28,30,31)/t14-,23-/m1/s1. The first-order valence-corrected chi connectivity index (χ1v) is 12.7. The van der Waals surface area contributed by atoms with Crippen molar-refractivity contribution in [2.45, 2.75) is 32.2 Å². The molecule has 4 N–H and O–H groups in total. The molecule has 2 aromatic heterocycles. The molecule has 0 bridgehead atoms. The number of carbonyl (C=O) groups is 2. The van der Waals surface area contributed by atoms with Gasteiger partial charge >= 0.3 is 0 Å². The van der Waals surface area contributed by atoms with Gasteiger partial charge in [0.15, 0.2) is 5.65 Å². The molecule has 0 unspecified atom stereocenters. The molecule has 1 aliphatic heterocycles. The second kappa shape index (κ2) is 9.36. The molecule has 35 heavy (non-hydrogen) atoms. The average Bonchev–Trinajstić information content (AvgIpc) is 3.32. The van der Waals surface area contributed by atoms with E-state index in [1.165, 1.54) is 0 Å². The summed E-state index contributed by atoms with van der Waals surface area (Å²) < 4.78 is 2.26. The van der Waals surface area contributed by atoms with Crippen molar-refractivity contribution >= 4 is 62.0 Å². The number of aromatic nitrogens is 4. The molecule has 3 heterocycles. The monoisotopic (exact) mass is 560 g/mol. The summed E-state index contributed by atoms with van der Waals surface area (Å²) in [5.74, 6) is 0.430. The van der Waals surface area contributed by atoms with Crippen molar-refractivity contribution in [2.75, 3.05) is 30.8 Å². The van der Waals surface area contributed by atoms with E-state index in [0.717, 1.165) is 18.2 Å². The number of rotatable bonds is 6. The summed E-state index contributed by atoms with van der Waals surface area (Å²) in [6.07, 6.45) is 4.05. The van der Waals surface area contributed by atoms with Gasteiger partial charge in [-0.1, -0.05) is 18.5 Å². The van der Waals surface area contributed by atoms with Gasteiger partial charge in [-0.25, -0.2) is 9.67 Å². The molecule has 2 atom stereocenters. The highest BCUT2D eigenvalue weighted by Crippen LogP contribution is 2.39. The summed E-state index contributed by atoms with van der Waals surface area (Å²) in [6, 6.07) is 5.38. The Morgan fingerprint density at radius 2 is 2.09 bits per heavy atom.